The average molecular weight is 198 g/mol. The molecule has 1 heterocycles. The summed E-state index contributed by atoms with van der Waals surface area (Å²) in [6.45, 7) is 10.2. The number of nitrogens with zero attached hydrogens (tertiary/aromatic N) is 1. The van der Waals surface area contributed by atoms with Gasteiger partial charge in [0, 0.05) is 18.6 Å². The highest BCUT2D eigenvalue weighted by Gasteiger charge is 2.24. The van der Waals surface area contributed by atoms with Gasteiger partial charge in [-0.3, -0.25) is 0 Å². The third-order valence-electron chi connectivity index (χ3n) is 3.57. The molecule has 0 radical (unpaired) electrons. The van der Waals surface area contributed by atoms with Gasteiger partial charge in [0.25, 0.3) is 0 Å². The smallest absolute Gasteiger partial charge is 0.0252 e. The van der Waals surface area contributed by atoms with Crippen LogP contribution in [0.5, 0.6) is 0 Å². The van der Waals surface area contributed by atoms with Crippen LogP contribution in [0.25, 0.3) is 0 Å². The summed E-state index contributed by atoms with van der Waals surface area (Å²) in [5, 5.41) is 0. The third kappa shape index (κ3) is 3.58. The van der Waals surface area contributed by atoms with Gasteiger partial charge in [0.05, 0.1) is 0 Å². The predicted octanol–water partition coefficient (Wildman–Crippen LogP) is 2.24. The second-order valence-corrected chi connectivity index (χ2v) is 5.16. The number of piperidine rings is 1. The van der Waals surface area contributed by atoms with E-state index in [4.69, 9.17) is 5.73 Å². The van der Waals surface area contributed by atoms with Crippen LogP contribution in [0.2, 0.25) is 0 Å². The summed E-state index contributed by atoms with van der Waals surface area (Å²) in [5.74, 6) is 0.913. The van der Waals surface area contributed by atoms with E-state index in [1.165, 1.54) is 32.4 Å². The van der Waals surface area contributed by atoms with Crippen molar-refractivity contribution < 1.29 is 0 Å². The first-order chi connectivity index (χ1) is 6.57. The maximum absolute atomic E-state index is 6.19. The molecular weight excluding hydrogens is 172 g/mol. The largest absolute Gasteiger partial charge is 0.324 e. The van der Waals surface area contributed by atoms with Crippen LogP contribution >= 0.6 is 0 Å². The van der Waals surface area contributed by atoms with Crippen LogP contribution in [-0.2, 0) is 0 Å². The topological polar surface area (TPSA) is 29.3 Å². The Labute approximate surface area is 88.8 Å². The van der Waals surface area contributed by atoms with Crippen LogP contribution in [0.3, 0.4) is 0 Å². The van der Waals surface area contributed by atoms with E-state index in [2.05, 4.69) is 25.7 Å². The molecule has 0 spiro atoms. The molecule has 2 N–H and O–H groups in total. The minimum Gasteiger partial charge on any atom is -0.324 e. The summed E-state index contributed by atoms with van der Waals surface area (Å²) in [6.07, 6.45) is 5.17. The highest BCUT2D eigenvalue weighted by molar-refractivity contribution is 4.83. The lowest BCUT2D eigenvalue weighted by Gasteiger charge is -2.37. The predicted molar refractivity (Wildman–Crippen MR) is 62.3 cm³/mol. The van der Waals surface area contributed by atoms with Gasteiger partial charge < -0.3 is 10.6 Å². The lowest BCUT2D eigenvalue weighted by atomic mass is 9.93. The molecule has 2 unspecified atom stereocenters. The SMILES string of the molecule is CCC1CCCN(CC(C)(N)CC)C1. The van der Waals surface area contributed by atoms with Gasteiger partial charge in [-0.1, -0.05) is 20.3 Å². The zero-order valence-corrected chi connectivity index (χ0v) is 10.1. The first-order valence-electron chi connectivity index (χ1n) is 6.08. The van der Waals surface area contributed by atoms with Crippen molar-refractivity contribution in [2.75, 3.05) is 19.6 Å². The van der Waals surface area contributed by atoms with Gasteiger partial charge in [0.1, 0.15) is 0 Å². The zero-order chi connectivity index (χ0) is 10.6. The van der Waals surface area contributed by atoms with E-state index in [1.54, 1.807) is 0 Å². The Morgan fingerprint density at radius 2 is 2.14 bits per heavy atom. The lowest BCUT2D eigenvalue weighted by Crippen LogP contribution is -2.50. The van der Waals surface area contributed by atoms with Gasteiger partial charge in [0.2, 0.25) is 0 Å². The molecule has 14 heavy (non-hydrogen) atoms. The fraction of sp³-hybridized carbons (Fsp3) is 1.00. The van der Waals surface area contributed by atoms with Crippen molar-refractivity contribution >= 4 is 0 Å². The standard InChI is InChI=1S/C12H26N2/c1-4-11-7-6-8-14(9-11)10-12(3,13)5-2/h11H,4-10,13H2,1-3H3. The van der Waals surface area contributed by atoms with Crippen molar-refractivity contribution in [3.63, 3.8) is 0 Å². The van der Waals surface area contributed by atoms with Gasteiger partial charge in [-0.15, -0.1) is 0 Å². The number of nitrogens with two attached hydrogens (primary N) is 1. The Kier molecular flexibility index (Phi) is 4.39. The molecule has 1 rings (SSSR count). The van der Waals surface area contributed by atoms with E-state index in [0.717, 1.165) is 18.9 Å². The van der Waals surface area contributed by atoms with Crippen LogP contribution in [0, 0.1) is 5.92 Å². The maximum Gasteiger partial charge on any atom is 0.0252 e. The molecule has 2 atom stereocenters. The Bertz CT molecular complexity index is 166. The quantitative estimate of drug-likeness (QED) is 0.750. The van der Waals surface area contributed by atoms with Crippen LogP contribution in [-0.4, -0.2) is 30.1 Å². The molecule has 2 nitrogen and oxygen atoms in total. The summed E-state index contributed by atoms with van der Waals surface area (Å²) >= 11 is 0. The molecule has 84 valence electrons. The van der Waals surface area contributed by atoms with Crippen molar-refractivity contribution in [2.45, 2.75) is 52.0 Å². The van der Waals surface area contributed by atoms with E-state index < -0.39 is 0 Å². The zero-order valence-electron chi connectivity index (χ0n) is 10.1. The Hall–Kier alpha value is -0.0800. The Balaban J connectivity index is 2.37. The molecule has 1 aliphatic heterocycles. The molecule has 0 aromatic carbocycles. The first-order valence-corrected chi connectivity index (χ1v) is 6.08. The van der Waals surface area contributed by atoms with Gasteiger partial charge in [0.15, 0.2) is 0 Å². The van der Waals surface area contributed by atoms with Crippen LogP contribution < -0.4 is 5.73 Å². The summed E-state index contributed by atoms with van der Waals surface area (Å²) in [7, 11) is 0. The summed E-state index contributed by atoms with van der Waals surface area (Å²) in [6, 6.07) is 0. The first kappa shape index (κ1) is 12.0. The molecule has 0 bridgehead atoms. The molecule has 2 heteroatoms. The summed E-state index contributed by atoms with van der Waals surface area (Å²) in [4.78, 5) is 2.56. The number of hydrogen-bond acceptors (Lipinski definition) is 2. The Morgan fingerprint density at radius 3 is 2.71 bits per heavy atom. The summed E-state index contributed by atoms with van der Waals surface area (Å²) in [5.41, 5.74) is 6.20. The van der Waals surface area contributed by atoms with Gasteiger partial charge >= 0.3 is 0 Å². The third-order valence-corrected chi connectivity index (χ3v) is 3.57. The summed E-state index contributed by atoms with van der Waals surface area (Å²) < 4.78 is 0. The van der Waals surface area contributed by atoms with Crippen molar-refractivity contribution in [2.24, 2.45) is 11.7 Å². The fourth-order valence-corrected chi connectivity index (χ4v) is 2.25. The molecular formula is C12H26N2. The monoisotopic (exact) mass is 198 g/mol. The average Bonchev–Trinajstić information content (AvgIpc) is 2.17. The second kappa shape index (κ2) is 5.13. The van der Waals surface area contributed by atoms with E-state index in [1.807, 2.05) is 0 Å². The van der Waals surface area contributed by atoms with Gasteiger partial charge in [-0.2, -0.15) is 0 Å². The van der Waals surface area contributed by atoms with Crippen LogP contribution in [0.1, 0.15) is 46.5 Å². The minimum absolute atomic E-state index is 0.00955. The highest BCUT2D eigenvalue weighted by Crippen LogP contribution is 2.20. The van der Waals surface area contributed by atoms with E-state index in [0.29, 0.717) is 0 Å². The lowest BCUT2D eigenvalue weighted by molar-refractivity contribution is 0.140. The van der Waals surface area contributed by atoms with E-state index in [-0.39, 0.29) is 5.54 Å². The fourth-order valence-electron chi connectivity index (χ4n) is 2.25. The molecule has 1 aliphatic rings. The molecule has 0 saturated carbocycles. The van der Waals surface area contributed by atoms with E-state index in [9.17, 15) is 0 Å². The van der Waals surface area contributed by atoms with Crippen molar-refractivity contribution in [3.05, 3.63) is 0 Å². The molecule has 0 amide bonds. The molecule has 0 aromatic rings. The highest BCUT2D eigenvalue weighted by atomic mass is 15.2. The van der Waals surface area contributed by atoms with Crippen molar-refractivity contribution in [3.8, 4) is 0 Å². The van der Waals surface area contributed by atoms with Crippen LogP contribution in [0.15, 0.2) is 0 Å². The molecule has 1 fully saturated rings. The number of hydrogen-bond donors (Lipinski definition) is 1. The Morgan fingerprint density at radius 1 is 1.43 bits per heavy atom. The second-order valence-electron chi connectivity index (χ2n) is 5.16. The molecule has 1 saturated heterocycles. The van der Waals surface area contributed by atoms with Gasteiger partial charge in [-0.05, 0) is 38.6 Å². The molecule has 0 aliphatic carbocycles. The number of rotatable bonds is 4. The van der Waals surface area contributed by atoms with Crippen molar-refractivity contribution in [1.82, 2.24) is 4.90 Å². The van der Waals surface area contributed by atoms with Crippen LogP contribution in [0.4, 0.5) is 0 Å². The number of likely N-dealkylation sites (tertiary alicyclic amines) is 1. The minimum atomic E-state index is 0.00955. The normalized spacial score (nSPS) is 28.7. The van der Waals surface area contributed by atoms with Crippen molar-refractivity contribution in [1.29, 1.82) is 0 Å². The van der Waals surface area contributed by atoms with Gasteiger partial charge in [-0.25, -0.2) is 0 Å². The molecule has 0 aromatic heterocycles. The van der Waals surface area contributed by atoms with E-state index >= 15 is 0 Å². The maximum atomic E-state index is 6.19.